The van der Waals surface area contributed by atoms with E-state index in [-0.39, 0.29) is 23.1 Å². The Kier molecular flexibility index (Phi) is 5.15. The number of fused-ring (bicyclic) bond motifs is 1. The van der Waals surface area contributed by atoms with Crippen LogP contribution in [0, 0.1) is 5.82 Å². The Morgan fingerprint density at radius 2 is 1.75 bits per heavy atom. The lowest BCUT2D eigenvalue weighted by atomic mass is 10.0. The lowest BCUT2D eigenvalue weighted by Gasteiger charge is -2.34. The minimum Gasteiger partial charge on any atom is -0.507 e. The summed E-state index contributed by atoms with van der Waals surface area (Å²) in [6.07, 6.45) is 1.60. The number of carbonyl (C=O) groups excluding carboxylic acids is 1. The molecule has 0 spiro atoms. The van der Waals surface area contributed by atoms with E-state index in [1.54, 1.807) is 30.3 Å². The van der Waals surface area contributed by atoms with Gasteiger partial charge >= 0.3 is 0 Å². The summed E-state index contributed by atoms with van der Waals surface area (Å²) in [4.78, 5) is 17.4. The van der Waals surface area contributed by atoms with Crippen molar-refractivity contribution in [2.45, 2.75) is 13.5 Å². The molecule has 6 heteroatoms. The summed E-state index contributed by atoms with van der Waals surface area (Å²) >= 11 is 0. The van der Waals surface area contributed by atoms with Crippen molar-refractivity contribution in [1.29, 1.82) is 0 Å². The molecule has 0 saturated carbocycles. The zero-order valence-electron chi connectivity index (χ0n) is 15.8. The summed E-state index contributed by atoms with van der Waals surface area (Å²) < 4.78 is 19.0. The number of hydrogen-bond acceptors (Lipinski definition) is 5. The van der Waals surface area contributed by atoms with Gasteiger partial charge in [-0.1, -0.05) is 19.1 Å². The van der Waals surface area contributed by atoms with Crippen molar-refractivity contribution in [2.24, 2.45) is 0 Å². The number of aromatic hydroxyl groups is 1. The van der Waals surface area contributed by atoms with E-state index < -0.39 is 0 Å². The van der Waals surface area contributed by atoms with Crippen molar-refractivity contribution < 1.29 is 19.0 Å². The molecular formula is C22H23FN2O3. The van der Waals surface area contributed by atoms with Gasteiger partial charge in [-0.2, -0.15) is 0 Å². The molecule has 0 atom stereocenters. The second kappa shape index (κ2) is 7.73. The Balaban J connectivity index is 1.58. The summed E-state index contributed by atoms with van der Waals surface area (Å²) in [7, 11) is 0. The third-order valence-corrected chi connectivity index (χ3v) is 5.38. The molecular weight excluding hydrogens is 359 g/mol. The average molecular weight is 382 g/mol. The Bertz CT molecular complexity index is 916. The number of phenolic OH excluding ortho intramolecular Hbond substituents is 1. The van der Waals surface area contributed by atoms with Crippen LogP contribution < -0.4 is 4.74 Å². The zero-order valence-corrected chi connectivity index (χ0v) is 15.8. The van der Waals surface area contributed by atoms with E-state index in [4.69, 9.17) is 4.74 Å². The molecule has 0 radical (unpaired) electrons. The number of halogens is 1. The van der Waals surface area contributed by atoms with Crippen LogP contribution in [0.2, 0.25) is 0 Å². The monoisotopic (exact) mass is 382 g/mol. The molecule has 4 rings (SSSR count). The SMILES string of the molecule is CCN1CCN(Cc2c(O)ccc3c2O/C(=C\c2ccc(F)cc2)C3=O)CC1. The minimum absolute atomic E-state index is 0.132. The van der Waals surface area contributed by atoms with Crippen LogP contribution in [-0.4, -0.2) is 53.4 Å². The molecule has 5 nitrogen and oxygen atoms in total. The predicted molar refractivity (Wildman–Crippen MR) is 105 cm³/mol. The van der Waals surface area contributed by atoms with Gasteiger partial charge in [0.1, 0.15) is 17.3 Å². The van der Waals surface area contributed by atoms with E-state index in [1.807, 2.05) is 0 Å². The minimum atomic E-state index is -0.334. The van der Waals surface area contributed by atoms with Crippen LogP contribution in [0.1, 0.15) is 28.4 Å². The molecule has 2 aromatic rings. The lowest BCUT2D eigenvalue weighted by Crippen LogP contribution is -2.45. The van der Waals surface area contributed by atoms with Crippen LogP contribution in [0.3, 0.4) is 0 Å². The van der Waals surface area contributed by atoms with Crippen LogP contribution in [-0.2, 0) is 6.54 Å². The summed E-state index contributed by atoms with van der Waals surface area (Å²) in [5.74, 6) is 0.184. The first-order valence-electron chi connectivity index (χ1n) is 9.54. The fourth-order valence-corrected chi connectivity index (χ4v) is 3.65. The average Bonchev–Trinajstić information content (AvgIpc) is 3.02. The van der Waals surface area contributed by atoms with E-state index in [2.05, 4.69) is 16.7 Å². The van der Waals surface area contributed by atoms with Gasteiger partial charge in [0.2, 0.25) is 5.78 Å². The maximum Gasteiger partial charge on any atom is 0.231 e. The van der Waals surface area contributed by atoms with Gasteiger partial charge in [0, 0.05) is 32.7 Å². The molecule has 1 fully saturated rings. The fourth-order valence-electron chi connectivity index (χ4n) is 3.65. The van der Waals surface area contributed by atoms with Crippen molar-refractivity contribution in [2.75, 3.05) is 32.7 Å². The number of rotatable bonds is 4. The van der Waals surface area contributed by atoms with E-state index in [0.29, 0.717) is 29.0 Å². The van der Waals surface area contributed by atoms with Gasteiger partial charge in [-0.15, -0.1) is 0 Å². The number of phenols is 1. The van der Waals surface area contributed by atoms with Crippen molar-refractivity contribution in [1.82, 2.24) is 9.80 Å². The number of ether oxygens (including phenoxy) is 1. The van der Waals surface area contributed by atoms with Crippen LogP contribution in [0.5, 0.6) is 11.5 Å². The Morgan fingerprint density at radius 3 is 2.43 bits per heavy atom. The number of hydrogen-bond donors (Lipinski definition) is 1. The number of carbonyl (C=O) groups is 1. The molecule has 0 bridgehead atoms. The number of nitrogens with zero attached hydrogens (tertiary/aromatic N) is 2. The topological polar surface area (TPSA) is 53.0 Å². The van der Waals surface area contributed by atoms with E-state index >= 15 is 0 Å². The first kappa shape index (κ1) is 18.7. The van der Waals surface area contributed by atoms with E-state index in [1.165, 1.54) is 12.1 Å². The van der Waals surface area contributed by atoms with Gasteiger partial charge in [-0.3, -0.25) is 9.69 Å². The molecule has 0 amide bonds. The molecule has 0 aliphatic carbocycles. The van der Waals surface area contributed by atoms with Crippen LogP contribution in [0.15, 0.2) is 42.2 Å². The largest absolute Gasteiger partial charge is 0.507 e. The highest BCUT2D eigenvalue weighted by Gasteiger charge is 2.32. The quantitative estimate of drug-likeness (QED) is 0.823. The summed E-state index contributed by atoms with van der Waals surface area (Å²) in [6, 6.07) is 9.01. The molecule has 2 aliphatic heterocycles. The summed E-state index contributed by atoms with van der Waals surface area (Å²) in [5.41, 5.74) is 1.77. The normalized spacial score (nSPS) is 19.1. The number of Topliss-reactive ketones (excluding diaryl/α,β-unsaturated/α-hetero) is 1. The van der Waals surface area contributed by atoms with Crippen molar-refractivity contribution >= 4 is 11.9 Å². The van der Waals surface area contributed by atoms with Crippen LogP contribution >= 0.6 is 0 Å². The summed E-state index contributed by atoms with van der Waals surface area (Å²) in [5, 5.41) is 10.4. The Hall–Kier alpha value is -2.70. The van der Waals surface area contributed by atoms with Crippen molar-refractivity contribution in [3.05, 3.63) is 64.7 Å². The molecule has 2 heterocycles. The number of ketones is 1. The maximum absolute atomic E-state index is 13.1. The predicted octanol–water partition coefficient (Wildman–Crippen LogP) is 3.29. The first-order chi connectivity index (χ1) is 13.5. The highest BCUT2D eigenvalue weighted by Crippen LogP contribution is 2.40. The standard InChI is InChI=1S/C22H23FN2O3/c1-2-24-9-11-25(12-10-24)14-18-19(26)8-7-17-21(27)20(28-22(17)18)13-15-3-5-16(23)6-4-15/h3-8,13,26H,2,9-12,14H2,1H3/b20-13-. The fraction of sp³-hybridized carbons (Fsp3) is 0.318. The zero-order chi connectivity index (χ0) is 19.7. The van der Waals surface area contributed by atoms with Gasteiger partial charge in [0.25, 0.3) is 0 Å². The number of allylic oxidation sites excluding steroid dienone is 1. The lowest BCUT2D eigenvalue weighted by molar-refractivity contribution is 0.101. The molecule has 146 valence electrons. The number of piperazine rings is 1. The van der Waals surface area contributed by atoms with Crippen LogP contribution in [0.4, 0.5) is 4.39 Å². The molecule has 1 saturated heterocycles. The Labute approximate surface area is 163 Å². The highest BCUT2D eigenvalue weighted by molar-refractivity contribution is 6.15. The second-order valence-electron chi connectivity index (χ2n) is 7.14. The molecule has 0 unspecified atom stereocenters. The number of likely N-dealkylation sites (N-methyl/N-ethyl adjacent to an activating group) is 1. The second-order valence-corrected chi connectivity index (χ2v) is 7.14. The van der Waals surface area contributed by atoms with Crippen molar-refractivity contribution in [3.63, 3.8) is 0 Å². The molecule has 0 aromatic heterocycles. The van der Waals surface area contributed by atoms with Gasteiger partial charge in [0.05, 0.1) is 11.1 Å². The third kappa shape index (κ3) is 3.66. The summed E-state index contributed by atoms with van der Waals surface area (Å²) in [6.45, 7) is 7.51. The number of benzene rings is 2. The smallest absolute Gasteiger partial charge is 0.231 e. The Morgan fingerprint density at radius 1 is 1.07 bits per heavy atom. The van der Waals surface area contributed by atoms with Gasteiger partial charge in [-0.05, 0) is 42.4 Å². The van der Waals surface area contributed by atoms with Gasteiger partial charge in [0.15, 0.2) is 5.76 Å². The highest BCUT2D eigenvalue weighted by atomic mass is 19.1. The third-order valence-electron chi connectivity index (χ3n) is 5.38. The first-order valence-corrected chi connectivity index (χ1v) is 9.54. The van der Waals surface area contributed by atoms with E-state index in [9.17, 15) is 14.3 Å². The molecule has 2 aliphatic rings. The molecule has 1 N–H and O–H groups in total. The molecule has 28 heavy (non-hydrogen) atoms. The maximum atomic E-state index is 13.1. The van der Waals surface area contributed by atoms with Gasteiger partial charge in [-0.25, -0.2) is 4.39 Å². The van der Waals surface area contributed by atoms with Crippen LogP contribution in [0.25, 0.3) is 6.08 Å². The van der Waals surface area contributed by atoms with Crippen molar-refractivity contribution in [3.8, 4) is 11.5 Å². The molecule has 2 aromatic carbocycles. The van der Waals surface area contributed by atoms with Gasteiger partial charge < -0.3 is 14.7 Å². The van der Waals surface area contributed by atoms with E-state index in [0.717, 1.165) is 32.7 Å².